The second-order valence-electron chi connectivity index (χ2n) is 3.96. The van der Waals surface area contributed by atoms with Crippen LogP contribution in [-0.4, -0.2) is 20.4 Å². The van der Waals surface area contributed by atoms with Gasteiger partial charge >= 0.3 is 0 Å². The van der Waals surface area contributed by atoms with Crippen LogP contribution in [0, 0.1) is 0 Å². The summed E-state index contributed by atoms with van der Waals surface area (Å²) >= 11 is 0. The Kier molecular flexibility index (Phi) is 2.81. The zero-order valence-electron chi connectivity index (χ0n) is 8.37. The first-order valence-corrected chi connectivity index (χ1v) is 5.63. The maximum absolute atomic E-state index is 11.0. The highest BCUT2D eigenvalue weighted by molar-refractivity contribution is 7.84. The SMILES string of the molecule is CS(=O)c1ncc(C(C)(C)C)cn1. The van der Waals surface area contributed by atoms with Gasteiger partial charge in [0.1, 0.15) is 0 Å². The fraction of sp³-hybridized carbons (Fsp3) is 0.556. The number of hydrogen-bond donors (Lipinski definition) is 0. The zero-order valence-corrected chi connectivity index (χ0v) is 9.18. The van der Waals surface area contributed by atoms with Gasteiger partial charge in [0.2, 0.25) is 5.16 Å². The summed E-state index contributed by atoms with van der Waals surface area (Å²) in [6.07, 6.45) is 5.06. The molecule has 1 unspecified atom stereocenters. The molecule has 13 heavy (non-hydrogen) atoms. The topological polar surface area (TPSA) is 42.9 Å². The molecule has 0 saturated carbocycles. The molecule has 0 aliphatic rings. The minimum atomic E-state index is -1.09. The van der Waals surface area contributed by atoms with Crippen LogP contribution in [0.4, 0.5) is 0 Å². The first-order chi connectivity index (χ1) is 5.91. The summed E-state index contributed by atoms with van der Waals surface area (Å²) in [7, 11) is -1.09. The Labute approximate surface area is 81.1 Å². The van der Waals surface area contributed by atoms with Crippen LogP contribution in [0.5, 0.6) is 0 Å². The van der Waals surface area contributed by atoms with Crippen LogP contribution < -0.4 is 0 Å². The molecule has 0 aliphatic carbocycles. The van der Waals surface area contributed by atoms with E-state index in [9.17, 15) is 4.21 Å². The molecule has 0 N–H and O–H groups in total. The molecule has 0 fully saturated rings. The highest BCUT2D eigenvalue weighted by Crippen LogP contribution is 2.20. The predicted octanol–water partition coefficient (Wildman–Crippen LogP) is 1.51. The Hall–Kier alpha value is -0.770. The number of aromatic nitrogens is 2. The number of nitrogens with zero attached hydrogens (tertiary/aromatic N) is 2. The average Bonchev–Trinajstić information content (AvgIpc) is 2.03. The molecule has 72 valence electrons. The van der Waals surface area contributed by atoms with Crippen molar-refractivity contribution in [3.05, 3.63) is 18.0 Å². The summed E-state index contributed by atoms with van der Waals surface area (Å²) in [6, 6.07) is 0. The van der Waals surface area contributed by atoms with E-state index in [0.717, 1.165) is 5.56 Å². The van der Waals surface area contributed by atoms with Crippen molar-refractivity contribution >= 4 is 10.8 Å². The summed E-state index contributed by atoms with van der Waals surface area (Å²) in [5.41, 5.74) is 1.11. The van der Waals surface area contributed by atoms with Crippen LogP contribution in [0.15, 0.2) is 17.6 Å². The van der Waals surface area contributed by atoms with Crippen molar-refractivity contribution in [1.82, 2.24) is 9.97 Å². The van der Waals surface area contributed by atoms with E-state index >= 15 is 0 Å². The molecule has 0 radical (unpaired) electrons. The van der Waals surface area contributed by atoms with E-state index < -0.39 is 10.8 Å². The molecule has 1 aromatic heterocycles. The quantitative estimate of drug-likeness (QED) is 0.642. The lowest BCUT2D eigenvalue weighted by Crippen LogP contribution is -2.12. The Morgan fingerprint density at radius 1 is 1.23 bits per heavy atom. The van der Waals surface area contributed by atoms with Crippen molar-refractivity contribution in [3.63, 3.8) is 0 Å². The summed E-state index contributed by atoms with van der Waals surface area (Å²) in [5, 5.41) is 0.396. The summed E-state index contributed by atoms with van der Waals surface area (Å²) < 4.78 is 11.0. The van der Waals surface area contributed by atoms with Crippen molar-refractivity contribution < 1.29 is 4.21 Å². The van der Waals surface area contributed by atoms with Crippen molar-refractivity contribution in [2.45, 2.75) is 31.3 Å². The van der Waals surface area contributed by atoms with Gasteiger partial charge in [-0.1, -0.05) is 20.8 Å². The van der Waals surface area contributed by atoms with Crippen molar-refractivity contribution in [2.75, 3.05) is 6.26 Å². The smallest absolute Gasteiger partial charge is 0.218 e. The number of hydrogen-bond acceptors (Lipinski definition) is 3. The van der Waals surface area contributed by atoms with E-state index in [2.05, 4.69) is 30.7 Å². The Morgan fingerprint density at radius 2 is 1.69 bits per heavy atom. The van der Waals surface area contributed by atoms with E-state index in [1.54, 1.807) is 18.6 Å². The molecule has 0 amide bonds. The standard InChI is InChI=1S/C9H14N2OS/c1-9(2,3)7-5-10-8(11-6-7)13(4)12/h5-6H,1-4H3. The third-order valence-electron chi connectivity index (χ3n) is 1.75. The molecular formula is C9H14N2OS. The van der Waals surface area contributed by atoms with Crippen LogP contribution in [0.3, 0.4) is 0 Å². The summed E-state index contributed by atoms with van der Waals surface area (Å²) in [4.78, 5) is 8.07. The minimum Gasteiger partial charge on any atom is -0.251 e. The van der Waals surface area contributed by atoms with Crippen molar-refractivity contribution in [3.8, 4) is 0 Å². The fourth-order valence-corrected chi connectivity index (χ4v) is 1.25. The fourth-order valence-electron chi connectivity index (χ4n) is 0.852. The maximum Gasteiger partial charge on any atom is 0.218 e. The monoisotopic (exact) mass is 198 g/mol. The van der Waals surface area contributed by atoms with Gasteiger partial charge in [-0.3, -0.25) is 4.21 Å². The molecule has 0 saturated heterocycles. The molecule has 1 rings (SSSR count). The molecule has 0 aromatic carbocycles. The van der Waals surface area contributed by atoms with Gasteiger partial charge in [0.25, 0.3) is 0 Å². The van der Waals surface area contributed by atoms with Gasteiger partial charge in [-0.05, 0) is 11.0 Å². The van der Waals surface area contributed by atoms with Gasteiger partial charge in [-0.2, -0.15) is 0 Å². The molecule has 0 bridgehead atoms. The maximum atomic E-state index is 11.0. The first-order valence-electron chi connectivity index (χ1n) is 4.07. The van der Waals surface area contributed by atoms with E-state index in [4.69, 9.17) is 0 Å². The third-order valence-corrected chi connectivity index (χ3v) is 2.48. The minimum absolute atomic E-state index is 0.0494. The first kappa shape index (κ1) is 10.3. The highest BCUT2D eigenvalue weighted by Gasteiger charge is 2.14. The molecule has 0 aliphatic heterocycles. The molecule has 1 aromatic rings. The van der Waals surface area contributed by atoms with Gasteiger partial charge in [0.15, 0.2) is 0 Å². The van der Waals surface area contributed by atoms with Gasteiger partial charge in [0.05, 0.1) is 10.8 Å². The summed E-state index contributed by atoms with van der Waals surface area (Å²) in [5.74, 6) is 0. The molecule has 1 atom stereocenters. The van der Waals surface area contributed by atoms with E-state index in [1.165, 1.54) is 0 Å². The van der Waals surface area contributed by atoms with Gasteiger partial charge in [0, 0.05) is 18.6 Å². The highest BCUT2D eigenvalue weighted by atomic mass is 32.2. The van der Waals surface area contributed by atoms with Gasteiger partial charge < -0.3 is 0 Å². The Morgan fingerprint density at radius 3 is 2.00 bits per heavy atom. The Balaban J connectivity index is 3.01. The lowest BCUT2D eigenvalue weighted by atomic mass is 9.89. The molecule has 1 heterocycles. The largest absolute Gasteiger partial charge is 0.251 e. The van der Waals surface area contributed by atoms with Crippen molar-refractivity contribution in [2.24, 2.45) is 0 Å². The van der Waals surface area contributed by atoms with Crippen LogP contribution in [0.25, 0.3) is 0 Å². The summed E-state index contributed by atoms with van der Waals surface area (Å²) in [6.45, 7) is 6.27. The van der Waals surface area contributed by atoms with Crippen LogP contribution >= 0.6 is 0 Å². The van der Waals surface area contributed by atoms with Gasteiger partial charge in [-0.15, -0.1) is 0 Å². The second-order valence-corrected chi connectivity index (χ2v) is 5.23. The van der Waals surface area contributed by atoms with E-state index in [0.29, 0.717) is 5.16 Å². The van der Waals surface area contributed by atoms with E-state index in [1.807, 2.05) is 0 Å². The lowest BCUT2D eigenvalue weighted by Gasteiger charge is -2.17. The number of rotatable bonds is 1. The molecule has 3 nitrogen and oxygen atoms in total. The van der Waals surface area contributed by atoms with Gasteiger partial charge in [-0.25, -0.2) is 9.97 Å². The normalized spacial score (nSPS) is 14.2. The van der Waals surface area contributed by atoms with Crippen LogP contribution in [0.1, 0.15) is 26.3 Å². The van der Waals surface area contributed by atoms with Crippen LogP contribution in [0.2, 0.25) is 0 Å². The Bertz CT molecular complexity index is 313. The third kappa shape index (κ3) is 2.59. The van der Waals surface area contributed by atoms with Crippen LogP contribution in [-0.2, 0) is 16.2 Å². The lowest BCUT2D eigenvalue weighted by molar-refractivity contribution is 0.579. The van der Waals surface area contributed by atoms with E-state index in [-0.39, 0.29) is 5.41 Å². The average molecular weight is 198 g/mol. The zero-order chi connectivity index (χ0) is 10.1. The molecular weight excluding hydrogens is 184 g/mol. The molecule has 0 spiro atoms. The molecule has 4 heteroatoms. The second kappa shape index (κ2) is 3.54. The predicted molar refractivity (Wildman–Crippen MR) is 53.1 cm³/mol. The van der Waals surface area contributed by atoms with Crippen molar-refractivity contribution in [1.29, 1.82) is 0 Å².